The number of sulfonamides is 1. The van der Waals surface area contributed by atoms with Gasteiger partial charge in [0.1, 0.15) is 0 Å². The van der Waals surface area contributed by atoms with Gasteiger partial charge in [-0.15, -0.1) is 11.3 Å². The van der Waals surface area contributed by atoms with Crippen molar-refractivity contribution in [3.05, 3.63) is 46.7 Å². The summed E-state index contributed by atoms with van der Waals surface area (Å²) in [5.41, 5.74) is 0.596. The highest BCUT2D eigenvalue weighted by atomic mass is 32.2. The Kier molecular flexibility index (Phi) is 7.39. The number of carbonyl (C=O) groups is 1. The number of thiophene rings is 1. The zero-order valence-corrected chi connectivity index (χ0v) is 19.2. The number of nitrogens with zero attached hydrogens (tertiary/aromatic N) is 2. The molecule has 1 unspecified atom stereocenters. The fourth-order valence-electron chi connectivity index (χ4n) is 4.08. The van der Waals surface area contributed by atoms with Crippen LogP contribution in [-0.2, 0) is 26.1 Å². The van der Waals surface area contributed by atoms with Crippen LogP contribution < -0.4 is 5.32 Å². The van der Waals surface area contributed by atoms with Gasteiger partial charge in [0, 0.05) is 43.4 Å². The van der Waals surface area contributed by atoms with Crippen LogP contribution in [0.5, 0.6) is 0 Å². The standard InChI is InChI=1S/C22H29N3O4S2/c26-22(17-24(15-19-5-3-13-29-19)16-20-6-4-14-30-20)23-18-7-9-21(10-8-18)31(27,28)25-11-1-2-12-25/h4,6-10,14,19H,1-3,5,11-13,15-17H2,(H,23,26). The second-order valence-corrected chi connectivity index (χ2v) is 11.0. The maximum Gasteiger partial charge on any atom is 0.243 e. The van der Waals surface area contributed by atoms with Crippen molar-refractivity contribution in [2.45, 2.75) is 43.2 Å². The molecular weight excluding hydrogens is 434 g/mol. The summed E-state index contributed by atoms with van der Waals surface area (Å²) in [5, 5.41) is 4.94. The maximum absolute atomic E-state index is 12.7. The molecule has 1 aromatic heterocycles. The van der Waals surface area contributed by atoms with Crippen LogP contribution in [-0.4, -0.2) is 62.4 Å². The molecule has 0 bridgehead atoms. The lowest BCUT2D eigenvalue weighted by Gasteiger charge is -2.24. The third-order valence-electron chi connectivity index (χ3n) is 5.65. The number of amides is 1. The first-order valence-electron chi connectivity index (χ1n) is 10.8. The van der Waals surface area contributed by atoms with Gasteiger partial charge in [-0.25, -0.2) is 8.42 Å². The van der Waals surface area contributed by atoms with Gasteiger partial charge in [0.2, 0.25) is 15.9 Å². The highest BCUT2D eigenvalue weighted by Gasteiger charge is 2.27. The molecule has 7 nitrogen and oxygen atoms in total. The maximum atomic E-state index is 12.7. The van der Waals surface area contributed by atoms with E-state index in [1.165, 1.54) is 9.18 Å². The summed E-state index contributed by atoms with van der Waals surface area (Å²) in [6, 6.07) is 10.5. The summed E-state index contributed by atoms with van der Waals surface area (Å²) in [5.74, 6) is -0.121. The van der Waals surface area contributed by atoms with E-state index in [9.17, 15) is 13.2 Å². The van der Waals surface area contributed by atoms with E-state index in [1.807, 2.05) is 11.4 Å². The lowest BCUT2D eigenvalue weighted by molar-refractivity contribution is -0.117. The summed E-state index contributed by atoms with van der Waals surface area (Å²) in [4.78, 5) is 16.3. The van der Waals surface area contributed by atoms with Crippen molar-refractivity contribution in [1.82, 2.24) is 9.21 Å². The van der Waals surface area contributed by atoms with Crippen LogP contribution in [0.3, 0.4) is 0 Å². The lowest BCUT2D eigenvalue weighted by Crippen LogP contribution is -2.37. The first-order chi connectivity index (χ1) is 15.0. The number of nitrogens with one attached hydrogen (secondary N) is 1. The van der Waals surface area contributed by atoms with Crippen LogP contribution in [0.25, 0.3) is 0 Å². The summed E-state index contributed by atoms with van der Waals surface area (Å²) in [7, 11) is -3.45. The molecule has 31 heavy (non-hydrogen) atoms. The van der Waals surface area contributed by atoms with Crippen LogP contribution in [0.15, 0.2) is 46.7 Å². The van der Waals surface area contributed by atoms with Gasteiger partial charge < -0.3 is 10.1 Å². The molecule has 9 heteroatoms. The molecule has 2 fully saturated rings. The Hall–Kier alpha value is -1.78. The Balaban J connectivity index is 1.36. The largest absolute Gasteiger partial charge is 0.377 e. The van der Waals surface area contributed by atoms with E-state index in [4.69, 9.17) is 4.74 Å². The van der Waals surface area contributed by atoms with E-state index >= 15 is 0 Å². The average molecular weight is 464 g/mol. The van der Waals surface area contributed by atoms with E-state index in [-0.39, 0.29) is 23.5 Å². The molecule has 0 saturated carbocycles. The van der Waals surface area contributed by atoms with E-state index in [0.717, 1.165) is 38.8 Å². The number of hydrogen-bond donors (Lipinski definition) is 1. The lowest BCUT2D eigenvalue weighted by atomic mass is 10.2. The minimum atomic E-state index is -3.45. The Labute approximate surface area is 188 Å². The second kappa shape index (κ2) is 10.2. The first kappa shape index (κ1) is 22.4. The van der Waals surface area contributed by atoms with Crippen molar-refractivity contribution >= 4 is 33.0 Å². The van der Waals surface area contributed by atoms with Crippen LogP contribution in [0.1, 0.15) is 30.6 Å². The minimum Gasteiger partial charge on any atom is -0.377 e. The van der Waals surface area contributed by atoms with Crippen molar-refractivity contribution in [1.29, 1.82) is 0 Å². The molecule has 2 aliphatic heterocycles. The zero-order valence-electron chi connectivity index (χ0n) is 17.5. The molecule has 0 radical (unpaired) electrons. The molecule has 0 spiro atoms. The fraction of sp³-hybridized carbons (Fsp3) is 0.500. The number of rotatable bonds is 9. The normalized spacial score (nSPS) is 19.8. The predicted molar refractivity (Wildman–Crippen MR) is 122 cm³/mol. The second-order valence-electron chi connectivity index (χ2n) is 8.07. The molecule has 2 saturated heterocycles. The van der Waals surface area contributed by atoms with Crippen molar-refractivity contribution in [2.75, 3.05) is 38.1 Å². The summed E-state index contributed by atoms with van der Waals surface area (Å²) in [6.45, 7) is 3.62. The Bertz CT molecular complexity index is 949. The molecule has 168 valence electrons. The summed E-state index contributed by atoms with van der Waals surface area (Å²) < 4.78 is 32.6. The molecule has 2 aliphatic rings. The van der Waals surface area contributed by atoms with Gasteiger partial charge >= 0.3 is 0 Å². The zero-order chi connectivity index (χ0) is 21.7. The fourth-order valence-corrected chi connectivity index (χ4v) is 6.34. The van der Waals surface area contributed by atoms with E-state index in [2.05, 4.69) is 16.3 Å². The Morgan fingerprint density at radius 3 is 2.58 bits per heavy atom. The van der Waals surface area contributed by atoms with E-state index < -0.39 is 10.0 Å². The average Bonchev–Trinajstić information content (AvgIpc) is 3.52. The summed E-state index contributed by atoms with van der Waals surface area (Å²) in [6.07, 6.45) is 4.07. The number of ether oxygens (including phenoxy) is 1. The van der Waals surface area contributed by atoms with Crippen molar-refractivity contribution in [2.24, 2.45) is 0 Å². The highest BCUT2D eigenvalue weighted by Crippen LogP contribution is 2.22. The predicted octanol–water partition coefficient (Wildman–Crippen LogP) is 3.15. The third kappa shape index (κ3) is 5.93. The van der Waals surface area contributed by atoms with Crippen molar-refractivity contribution < 1.29 is 17.9 Å². The highest BCUT2D eigenvalue weighted by molar-refractivity contribution is 7.89. The van der Waals surface area contributed by atoms with Crippen molar-refractivity contribution in [3.63, 3.8) is 0 Å². The molecular formula is C22H29N3O4S2. The first-order valence-corrected chi connectivity index (χ1v) is 13.1. The topological polar surface area (TPSA) is 79.0 Å². The van der Waals surface area contributed by atoms with Gasteiger partial charge in [-0.1, -0.05) is 6.07 Å². The summed E-state index contributed by atoms with van der Waals surface area (Å²) >= 11 is 1.68. The number of hydrogen-bond acceptors (Lipinski definition) is 6. The smallest absolute Gasteiger partial charge is 0.243 e. The molecule has 2 aromatic rings. The van der Waals surface area contributed by atoms with Gasteiger partial charge in [0.05, 0.1) is 17.5 Å². The molecule has 1 atom stereocenters. The van der Waals surface area contributed by atoms with E-state index in [1.54, 1.807) is 35.6 Å². The minimum absolute atomic E-state index is 0.121. The van der Waals surface area contributed by atoms with Gasteiger partial charge in [0.15, 0.2) is 0 Å². The SMILES string of the molecule is O=C(CN(Cc1cccs1)CC1CCCO1)Nc1ccc(S(=O)(=O)N2CCCC2)cc1. The Morgan fingerprint density at radius 1 is 1.16 bits per heavy atom. The molecule has 1 amide bonds. The molecule has 1 N–H and O–H groups in total. The molecule has 1 aromatic carbocycles. The Morgan fingerprint density at radius 2 is 1.94 bits per heavy atom. The monoisotopic (exact) mass is 463 g/mol. The van der Waals surface area contributed by atoms with Crippen molar-refractivity contribution in [3.8, 4) is 0 Å². The van der Waals surface area contributed by atoms with Crippen LogP contribution in [0, 0.1) is 0 Å². The third-order valence-corrected chi connectivity index (χ3v) is 8.43. The van der Waals surface area contributed by atoms with Crippen LogP contribution >= 0.6 is 11.3 Å². The van der Waals surface area contributed by atoms with Crippen LogP contribution in [0.4, 0.5) is 5.69 Å². The van der Waals surface area contributed by atoms with Gasteiger partial charge in [-0.05, 0) is 61.4 Å². The quantitative estimate of drug-likeness (QED) is 0.618. The molecule has 3 heterocycles. The van der Waals surface area contributed by atoms with Gasteiger partial charge in [-0.3, -0.25) is 9.69 Å². The molecule has 0 aliphatic carbocycles. The van der Waals surface area contributed by atoms with Crippen LogP contribution in [0.2, 0.25) is 0 Å². The number of anilines is 1. The number of benzene rings is 1. The van der Waals surface area contributed by atoms with Gasteiger partial charge in [0.25, 0.3) is 0 Å². The van der Waals surface area contributed by atoms with E-state index in [0.29, 0.717) is 25.3 Å². The molecule has 4 rings (SSSR count). The van der Waals surface area contributed by atoms with Gasteiger partial charge in [-0.2, -0.15) is 4.31 Å². The number of carbonyl (C=O) groups excluding carboxylic acids is 1.